The fourth-order valence-corrected chi connectivity index (χ4v) is 6.02. The van der Waals surface area contributed by atoms with Crippen LogP contribution >= 0.6 is 11.6 Å². The third-order valence-corrected chi connectivity index (χ3v) is 7.64. The Kier molecular flexibility index (Phi) is 4.65. The monoisotopic (exact) mass is 457 g/mol. The van der Waals surface area contributed by atoms with Crippen molar-refractivity contribution in [2.75, 3.05) is 10.8 Å². The van der Waals surface area contributed by atoms with E-state index >= 15 is 0 Å². The zero-order chi connectivity index (χ0) is 21.8. The Bertz CT molecular complexity index is 1290. The standard InChI is InChI=1S/C20H20ClN7O2S/c21-13-5-3-6-15(9-13)31(29,30)27-11-14(8-12-4-1-2-7-17(12)27)28-18(22)16-10-24-26-19(16)25-20(28)23/h1-7,9-10,14,18H,8,11,22H2,(H3,23,24,25,26). The number of benzene rings is 2. The molecule has 0 aliphatic carbocycles. The number of hydrogen-bond acceptors (Lipinski definition) is 7. The molecule has 0 bridgehead atoms. The van der Waals surface area contributed by atoms with Gasteiger partial charge in [-0.3, -0.25) is 9.40 Å². The van der Waals surface area contributed by atoms with E-state index in [-0.39, 0.29) is 23.4 Å². The van der Waals surface area contributed by atoms with Crippen LogP contribution in [0.2, 0.25) is 5.02 Å². The van der Waals surface area contributed by atoms with Gasteiger partial charge in [-0.1, -0.05) is 35.9 Å². The van der Waals surface area contributed by atoms with E-state index in [1.54, 1.807) is 29.3 Å². The Morgan fingerprint density at radius 1 is 1.16 bits per heavy atom. The molecule has 0 saturated carbocycles. The molecular weight excluding hydrogens is 438 g/mol. The van der Waals surface area contributed by atoms with E-state index < -0.39 is 16.2 Å². The molecule has 2 unspecified atom stereocenters. The molecule has 9 nitrogen and oxygen atoms in total. The zero-order valence-corrected chi connectivity index (χ0v) is 17.9. The lowest BCUT2D eigenvalue weighted by Gasteiger charge is -2.44. The summed E-state index contributed by atoms with van der Waals surface area (Å²) in [5.74, 6) is 0.731. The lowest BCUT2D eigenvalue weighted by Crippen LogP contribution is -2.57. The van der Waals surface area contributed by atoms with Crippen molar-refractivity contribution in [3.8, 4) is 0 Å². The number of anilines is 1. The van der Waals surface area contributed by atoms with Gasteiger partial charge in [0.25, 0.3) is 10.0 Å². The van der Waals surface area contributed by atoms with E-state index in [1.807, 2.05) is 18.2 Å². The Morgan fingerprint density at radius 3 is 2.77 bits per heavy atom. The number of nitrogens with two attached hydrogens (primary N) is 2. The Morgan fingerprint density at radius 2 is 1.97 bits per heavy atom. The Balaban J connectivity index is 1.58. The number of aromatic nitrogens is 2. The number of guanidine groups is 1. The topological polar surface area (TPSA) is 134 Å². The summed E-state index contributed by atoms with van der Waals surface area (Å²) in [6.45, 7) is 0.156. The molecule has 0 fully saturated rings. The first-order valence-corrected chi connectivity index (χ1v) is 11.5. The quantitative estimate of drug-likeness (QED) is 0.551. The number of hydrogen-bond donors (Lipinski definition) is 3. The number of halogens is 1. The second-order valence-corrected chi connectivity index (χ2v) is 9.77. The van der Waals surface area contributed by atoms with E-state index in [0.29, 0.717) is 28.5 Å². The highest BCUT2D eigenvalue weighted by Crippen LogP contribution is 2.37. The summed E-state index contributed by atoms with van der Waals surface area (Å²) >= 11 is 6.07. The minimum absolute atomic E-state index is 0.122. The molecule has 11 heteroatoms. The van der Waals surface area contributed by atoms with Crippen LogP contribution in [0.25, 0.3) is 0 Å². The summed E-state index contributed by atoms with van der Waals surface area (Å²) in [4.78, 5) is 6.24. The number of rotatable bonds is 3. The van der Waals surface area contributed by atoms with Crippen molar-refractivity contribution in [3.05, 3.63) is 70.9 Å². The molecule has 3 heterocycles. The molecule has 5 N–H and O–H groups in total. The average molecular weight is 458 g/mol. The van der Waals surface area contributed by atoms with Gasteiger partial charge in [-0.2, -0.15) is 10.1 Å². The van der Waals surface area contributed by atoms with Crippen LogP contribution in [0, 0.1) is 0 Å². The van der Waals surface area contributed by atoms with Gasteiger partial charge in [0.15, 0.2) is 11.8 Å². The third kappa shape index (κ3) is 3.23. The molecule has 2 atom stereocenters. The molecule has 0 saturated heterocycles. The van der Waals surface area contributed by atoms with Crippen molar-refractivity contribution in [2.24, 2.45) is 16.5 Å². The maximum Gasteiger partial charge on any atom is 0.264 e. The van der Waals surface area contributed by atoms with Crippen LogP contribution in [-0.4, -0.2) is 42.1 Å². The number of aromatic amines is 1. The van der Waals surface area contributed by atoms with Crippen LogP contribution in [0.5, 0.6) is 0 Å². The number of fused-ring (bicyclic) bond motifs is 2. The van der Waals surface area contributed by atoms with Crippen LogP contribution in [0.4, 0.5) is 11.5 Å². The van der Waals surface area contributed by atoms with E-state index in [4.69, 9.17) is 23.1 Å². The van der Waals surface area contributed by atoms with E-state index in [0.717, 1.165) is 5.56 Å². The van der Waals surface area contributed by atoms with Gasteiger partial charge in [0.05, 0.1) is 34.9 Å². The second kappa shape index (κ2) is 7.26. The maximum atomic E-state index is 13.6. The summed E-state index contributed by atoms with van der Waals surface area (Å²) in [5, 5.41) is 7.12. The second-order valence-electron chi connectivity index (χ2n) is 7.48. The largest absolute Gasteiger partial charge is 0.369 e. The minimum atomic E-state index is -3.87. The first-order valence-electron chi connectivity index (χ1n) is 9.64. The molecule has 160 valence electrons. The van der Waals surface area contributed by atoms with Crippen LogP contribution in [0.15, 0.2) is 64.6 Å². The number of para-hydroxylation sites is 1. The summed E-state index contributed by atoms with van der Waals surface area (Å²) in [7, 11) is -3.87. The number of nitrogens with one attached hydrogen (secondary N) is 1. The van der Waals surface area contributed by atoms with Crippen molar-refractivity contribution in [1.29, 1.82) is 0 Å². The Hall–Kier alpha value is -3.08. The molecule has 2 aromatic carbocycles. The van der Waals surface area contributed by atoms with Gasteiger partial charge in [-0.15, -0.1) is 0 Å². The number of aliphatic imine (C=N–C) groups is 1. The van der Waals surface area contributed by atoms with Crippen molar-refractivity contribution < 1.29 is 8.42 Å². The third-order valence-electron chi connectivity index (χ3n) is 5.63. The van der Waals surface area contributed by atoms with E-state index in [1.165, 1.54) is 16.4 Å². The first-order chi connectivity index (χ1) is 14.9. The van der Waals surface area contributed by atoms with Crippen LogP contribution in [-0.2, 0) is 16.4 Å². The molecule has 0 radical (unpaired) electrons. The number of H-pyrrole nitrogens is 1. The number of nitrogens with zero attached hydrogens (tertiary/aromatic N) is 4. The average Bonchev–Trinajstić information content (AvgIpc) is 3.22. The van der Waals surface area contributed by atoms with Crippen LogP contribution in [0.3, 0.4) is 0 Å². The van der Waals surface area contributed by atoms with Gasteiger partial charge >= 0.3 is 0 Å². The van der Waals surface area contributed by atoms with Crippen molar-refractivity contribution >= 4 is 39.1 Å². The minimum Gasteiger partial charge on any atom is -0.369 e. The summed E-state index contributed by atoms with van der Waals surface area (Å²) in [5.41, 5.74) is 14.9. The van der Waals surface area contributed by atoms with Crippen molar-refractivity contribution in [3.63, 3.8) is 0 Å². The molecule has 2 aliphatic rings. The van der Waals surface area contributed by atoms with E-state index in [2.05, 4.69) is 15.2 Å². The molecule has 31 heavy (non-hydrogen) atoms. The summed E-state index contributed by atoms with van der Waals surface area (Å²) in [6.07, 6.45) is 1.58. The van der Waals surface area contributed by atoms with Crippen molar-refractivity contribution in [1.82, 2.24) is 15.1 Å². The fourth-order valence-electron chi connectivity index (χ4n) is 4.18. The highest BCUT2D eigenvalue weighted by atomic mass is 35.5. The van der Waals surface area contributed by atoms with Gasteiger partial charge in [-0.05, 0) is 36.2 Å². The van der Waals surface area contributed by atoms with Crippen LogP contribution in [0.1, 0.15) is 17.3 Å². The normalized spacial score (nSPS) is 20.8. The van der Waals surface area contributed by atoms with Gasteiger partial charge in [0.2, 0.25) is 0 Å². The van der Waals surface area contributed by atoms with Crippen molar-refractivity contribution in [2.45, 2.75) is 23.5 Å². The van der Waals surface area contributed by atoms with Gasteiger partial charge in [0.1, 0.15) is 6.17 Å². The maximum absolute atomic E-state index is 13.6. The highest BCUT2D eigenvalue weighted by molar-refractivity contribution is 7.92. The SMILES string of the molecule is NC1=Nc2[nH]ncc2C(N)N1C1Cc2ccccc2N(S(=O)(=O)c2cccc(Cl)c2)C1. The predicted octanol–water partition coefficient (Wildman–Crippen LogP) is 2.10. The Labute approximate surface area is 184 Å². The molecule has 0 amide bonds. The molecule has 2 aliphatic heterocycles. The van der Waals surface area contributed by atoms with Crippen LogP contribution < -0.4 is 15.8 Å². The van der Waals surface area contributed by atoms with Gasteiger partial charge in [-0.25, -0.2) is 8.42 Å². The zero-order valence-electron chi connectivity index (χ0n) is 16.3. The smallest absolute Gasteiger partial charge is 0.264 e. The lowest BCUT2D eigenvalue weighted by atomic mass is 9.97. The number of sulfonamides is 1. The molecule has 0 spiro atoms. The molecule has 3 aromatic rings. The molecular formula is C20H20ClN7O2S. The summed E-state index contributed by atoms with van der Waals surface area (Å²) in [6, 6.07) is 13.3. The lowest BCUT2D eigenvalue weighted by molar-refractivity contribution is 0.233. The summed E-state index contributed by atoms with van der Waals surface area (Å²) < 4.78 is 28.6. The first kappa shape index (κ1) is 19.9. The van der Waals surface area contributed by atoms with Gasteiger partial charge in [0, 0.05) is 5.02 Å². The van der Waals surface area contributed by atoms with Gasteiger partial charge < -0.3 is 16.4 Å². The fraction of sp³-hybridized carbons (Fsp3) is 0.200. The predicted molar refractivity (Wildman–Crippen MR) is 119 cm³/mol. The van der Waals surface area contributed by atoms with E-state index in [9.17, 15) is 8.42 Å². The molecule has 1 aromatic heterocycles. The highest BCUT2D eigenvalue weighted by Gasteiger charge is 2.40. The molecule has 5 rings (SSSR count).